The van der Waals surface area contributed by atoms with E-state index in [4.69, 9.17) is 4.74 Å². The summed E-state index contributed by atoms with van der Waals surface area (Å²) in [5, 5.41) is 2.91. The number of hydrogen-bond acceptors (Lipinski definition) is 4. The minimum absolute atomic E-state index is 0.0430. The molecule has 0 spiro atoms. The summed E-state index contributed by atoms with van der Waals surface area (Å²) in [6.45, 7) is 0.440. The Hall–Kier alpha value is -3.16. The van der Waals surface area contributed by atoms with Gasteiger partial charge in [0.2, 0.25) is 10.0 Å². The Labute approximate surface area is 195 Å². The van der Waals surface area contributed by atoms with Crippen LogP contribution in [-0.4, -0.2) is 26.9 Å². The Balaban J connectivity index is 1.28. The van der Waals surface area contributed by atoms with Crippen LogP contribution in [0.3, 0.4) is 0 Å². The minimum atomic E-state index is -3.49. The van der Waals surface area contributed by atoms with Gasteiger partial charge < -0.3 is 10.1 Å². The van der Waals surface area contributed by atoms with Gasteiger partial charge in [0.1, 0.15) is 11.5 Å². The molecule has 0 saturated heterocycles. The lowest BCUT2D eigenvalue weighted by Gasteiger charge is -2.13. The molecule has 1 aliphatic rings. The lowest BCUT2D eigenvalue weighted by molar-refractivity contribution is 0.0954. The number of para-hydroxylation sites is 1. The zero-order valence-electron chi connectivity index (χ0n) is 18.4. The lowest BCUT2D eigenvalue weighted by Crippen LogP contribution is -2.32. The summed E-state index contributed by atoms with van der Waals surface area (Å²) in [6, 6.07) is 23.3. The van der Waals surface area contributed by atoms with Gasteiger partial charge in [0, 0.05) is 18.2 Å². The first-order valence-electron chi connectivity index (χ1n) is 11.2. The summed E-state index contributed by atoms with van der Waals surface area (Å²) in [7, 11) is -3.49. The van der Waals surface area contributed by atoms with Crippen molar-refractivity contribution in [3.05, 3.63) is 90.0 Å². The molecule has 1 saturated carbocycles. The molecule has 0 atom stereocenters. The molecule has 6 nitrogen and oxygen atoms in total. The largest absolute Gasteiger partial charge is 0.457 e. The SMILES string of the molecule is O=C(NCCc1ccc(S(=O)(=O)NC2CCCC2)cc1)c1cccc(Oc2ccccc2)c1. The molecule has 0 bridgehead atoms. The molecule has 3 aromatic carbocycles. The van der Waals surface area contributed by atoms with Gasteiger partial charge in [-0.15, -0.1) is 0 Å². The molecule has 4 rings (SSSR count). The fraction of sp³-hybridized carbons (Fsp3) is 0.269. The highest BCUT2D eigenvalue weighted by Gasteiger charge is 2.22. The second-order valence-corrected chi connectivity index (χ2v) is 9.91. The highest BCUT2D eigenvalue weighted by molar-refractivity contribution is 7.89. The van der Waals surface area contributed by atoms with Gasteiger partial charge in [0.25, 0.3) is 5.91 Å². The number of hydrogen-bond donors (Lipinski definition) is 2. The Morgan fingerprint density at radius 2 is 1.58 bits per heavy atom. The fourth-order valence-corrected chi connectivity index (χ4v) is 5.22. The van der Waals surface area contributed by atoms with Crippen molar-refractivity contribution in [2.24, 2.45) is 0 Å². The van der Waals surface area contributed by atoms with Crippen LogP contribution in [0, 0.1) is 0 Å². The summed E-state index contributed by atoms with van der Waals surface area (Å²) >= 11 is 0. The molecule has 0 aromatic heterocycles. The number of rotatable bonds is 9. The topological polar surface area (TPSA) is 84.5 Å². The molecule has 0 radical (unpaired) electrons. The van der Waals surface area contributed by atoms with Gasteiger partial charge >= 0.3 is 0 Å². The second kappa shape index (κ2) is 10.6. The molecule has 172 valence electrons. The molecule has 33 heavy (non-hydrogen) atoms. The fourth-order valence-electron chi connectivity index (χ4n) is 3.91. The molecule has 1 fully saturated rings. The zero-order chi connectivity index (χ0) is 23.1. The maximum absolute atomic E-state index is 12.5. The molecule has 0 heterocycles. The van der Waals surface area contributed by atoms with Crippen molar-refractivity contribution in [2.75, 3.05) is 6.54 Å². The average molecular weight is 465 g/mol. The van der Waals surface area contributed by atoms with Gasteiger partial charge in [0.15, 0.2) is 0 Å². The molecular weight excluding hydrogens is 436 g/mol. The standard InChI is InChI=1S/C26H28N2O4S/c29-26(21-7-6-12-24(19-21)32-23-10-2-1-3-11-23)27-18-17-20-13-15-25(16-14-20)33(30,31)28-22-8-4-5-9-22/h1-3,6-7,10-16,19,22,28H,4-5,8-9,17-18H2,(H,27,29). The van der Waals surface area contributed by atoms with Gasteiger partial charge in [0.05, 0.1) is 4.90 Å². The van der Waals surface area contributed by atoms with E-state index < -0.39 is 10.0 Å². The van der Waals surface area contributed by atoms with E-state index in [1.165, 1.54) is 0 Å². The van der Waals surface area contributed by atoms with Crippen LogP contribution >= 0.6 is 0 Å². The number of ether oxygens (including phenoxy) is 1. The van der Waals surface area contributed by atoms with Crippen molar-refractivity contribution >= 4 is 15.9 Å². The van der Waals surface area contributed by atoms with Gasteiger partial charge in [-0.2, -0.15) is 0 Å². The van der Waals surface area contributed by atoms with Crippen LogP contribution in [0.15, 0.2) is 83.8 Å². The molecular formula is C26H28N2O4S. The van der Waals surface area contributed by atoms with Crippen LogP contribution in [0.4, 0.5) is 0 Å². The Morgan fingerprint density at radius 3 is 2.30 bits per heavy atom. The maximum Gasteiger partial charge on any atom is 0.251 e. The van der Waals surface area contributed by atoms with Gasteiger partial charge in [-0.3, -0.25) is 4.79 Å². The number of carbonyl (C=O) groups is 1. The van der Waals surface area contributed by atoms with Crippen LogP contribution in [-0.2, 0) is 16.4 Å². The molecule has 2 N–H and O–H groups in total. The predicted molar refractivity (Wildman–Crippen MR) is 128 cm³/mol. The van der Waals surface area contributed by atoms with E-state index in [2.05, 4.69) is 10.0 Å². The molecule has 0 aliphatic heterocycles. The quantitative estimate of drug-likeness (QED) is 0.482. The summed E-state index contributed by atoms with van der Waals surface area (Å²) < 4.78 is 33.6. The van der Waals surface area contributed by atoms with E-state index in [9.17, 15) is 13.2 Å². The van der Waals surface area contributed by atoms with E-state index in [1.807, 2.05) is 30.3 Å². The third-order valence-electron chi connectivity index (χ3n) is 5.69. The van der Waals surface area contributed by atoms with E-state index in [0.29, 0.717) is 30.0 Å². The van der Waals surface area contributed by atoms with Crippen molar-refractivity contribution < 1.29 is 17.9 Å². The first kappa shape index (κ1) is 23.0. The summed E-state index contributed by atoms with van der Waals surface area (Å²) in [6.07, 6.45) is 4.54. The maximum atomic E-state index is 12.5. The molecule has 0 unspecified atom stereocenters. The number of nitrogens with one attached hydrogen (secondary N) is 2. The second-order valence-electron chi connectivity index (χ2n) is 8.20. The number of sulfonamides is 1. The first-order valence-corrected chi connectivity index (χ1v) is 12.7. The van der Waals surface area contributed by atoms with E-state index in [-0.39, 0.29) is 16.8 Å². The lowest BCUT2D eigenvalue weighted by atomic mass is 10.1. The van der Waals surface area contributed by atoms with Crippen molar-refractivity contribution in [1.29, 1.82) is 0 Å². The highest BCUT2D eigenvalue weighted by Crippen LogP contribution is 2.22. The third kappa shape index (κ3) is 6.43. The molecule has 1 amide bonds. The Kier molecular flexibility index (Phi) is 7.42. The normalized spacial score (nSPS) is 14.2. The van der Waals surface area contributed by atoms with Crippen LogP contribution in [0.1, 0.15) is 41.6 Å². The number of benzene rings is 3. The van der Waals surface area contributed by atoms with Gasteiger partial charge in [-0.1, -0.05) is 49.2 Å². The molecule has 3 aromatic rings. The number of amides is 1. The van der Waals surface area contributed by atoms with E-state index in [1.54, 1.807) is 48.5 Å². The van der Waals surface area contributed by atoms with Crippen LogP contribution < -0.4 is 14.8 Å². The van der Waals surface area contributed by atoms with Crippen LogP contribution in [0.5, 0.6) is 11.5 Å². The van der Waals surface area contributed by atoms with Crippen LogP contribution in [0.25, 0.3) is 0 Å². The summed E-state index contributed by atoms with van der Waals surface area (Å²) in [5.41, 5.74) is 1.47. The van der Waals surface area contributed by atoms with E-state index >= 15 is 0 Å². The van der Waals surface area contributed by atoms with Gasteiger partial charge in [-0.05, 0) is 67.3 Å². The average Bonchev–Trinajstić information content (AvgIpc) is 3.32. The minimum Gasteiger partial charge on any atom is -0.457 e. The highest BCUT2D eigenvalue weighted by atomic mass is 32.2. The van der Waals surface area contributed by atoms with Gasteiger partial charge in [-0.25, -0.2) is 13.1 Å². The molecule has 1 aliphatic carbocycles. The van der Waals surface area contributed by atoms with Crippen molar-refractivity contribution in [3.8, 4) is 11.5 Å². The summed E-state index contributed by atoms with van der Waals surface area (Å²) in [4.78, 5) is 12.8. The van der Waals surface area contributed by atoms with Crippen molar-refractivity contribution in [3.63, 3.8) is 0 Å². The zero-order valence-corrected chi connectivity index (χ0v) is 19.2. The summed E-state index contributed by atoms with van der Waals surface area (Å²) in [5.74, 6) is 1.12. The monoisotopic (exact) mass is 464 g/mol. The predicted octanol–water partition coefficient (Wildman–Crippen LogP) is 4.67. The van der Waals surface area contributed by atoms with E-state index in [0.717, 1.165) is 31.2 Å². The first-order chi connectivity index (χ1) is 16.0. The molecule has 7 heteroatoms. The number of carbonyl (C=O) groups excluding carboxylic acids is 1. The third-order valence-corrected chi connectivity index (χ3v) is 7.22. The Morgan fingerprint density at radius 1 is 0.879 bits per heavy atom. The van der Waals surface area contributed by atoms with Crippen molar-refractivity contribution in [1.82, 2.24) is 10.0 Å². The Bertz CT molecular complexity index is 1170. The smallest absolute Gasteiger partial charge is 0.251 e. The van der Waals surface area contributed by atoms with Crippen LogP contribution in [0.2, 0.25) is 0 Å². The van der Waals surface area contributed by atoms with Crippen molar-refractivity contribution in [2.45, 2.75) is 43.0 Å².